The molecule has 0 saturated carbocycles. The standard InChI is InChI=1S/C16H15ClN2O2S/c1-18-14-10(3-2-4-12(14)17)11-9-13(22-16(11)18)15(20)19-5-7-21-8-6-19/h2-4,9H,5-8H2,1H3. The van der Waals surface area contributed by atoms with Crippen LogP contribution < -0.4 is 0 Å². The quantitative estimate of drug-likeness (QED) is 0.682. The number of hydrogen-bond donors (Lipinski definition) is 0. The summed E-state index contributed by atoms with van der Waals surface area (Å²) < 4.78 is 7.39. The number of carbonyl (C=O) groups is 1. The van der Waals surface area contributed by atoms with Gasteiger partial charge in [-0.1, -0.05) is 23.7 Å². The maximum Gasteiger partial charge on any atom is 0.264 e. The van der Waals surface area contributed by atoms with E-state index >= 15 is 0 Å². The van der Waals surface area contributed by atoms with Gasteiger partial charge in [-0.2, -0.15) is 0 Å². The van der Waals surface area contributed by atoms with Crippen LogP contribution in [0.1, 0.15) is 9.67 Å². The van der Waals surface area contributed by atoms with E-state index in [4.69, 9.17) is 16.3 Å². The Bertz CT molecular complexity index is 877. The van der Waals surface area contributed by atoms with Crippen molar-refractivity contribution in [2.24, 2.45) is 7.05 Å². The first-order valence-electron chi connectivity index (χ1n) is 7.20. The predicted octanol–water partition coefficient (Wildman–Crippen LogP) is 3.52. The second-order valence-corrected chi connectivity index (χ2v) is 6.87. The van der Waals surface area contributed by atoms with Crippen LogP contribution in [-0.2, 0) is 11.8 Å². The van der Waals surface area contributed by atoms with E-state index in [0.29, 0.717) is 26.3 Å². The van der Waals surface area contributed by atoms with Crippen molar-refractivity contribution in [3.8, 4) is 0 Å². The number of fused-ring (bicyclic) bond motifs is 3. The largest absolute Gasteiger partial charge is 0.378 e. The fourth-order valence-corrected chi connectivity index (χ4v) is 4.44. The highest BCUT2D eigenvalue weighted by atomic mass is 35.5. The molecule has 22 heavy (non-hydrogen) atoms. The van der Waals surface area contributed by atoms with E-state index in [1.54, 1.807) is 0 Å². The van der Waals surface area contributed by atoms with Gasteiger partial charge in [0, 0.05) is 30.9 Å². The Morgan fingerprint density at radius 1 is 1.27 bits per heavy atom. The van der Waals surface area contributed by atoms with Crippen molar-refractivity contribution in [3.63, 3.8) is 0 Å². The van der Waals surface area contributed by atoms with Crippen molar-refractivity contribution >= 4 is 50.0 Å². The highest BCUT2D eigenvalue weighted by molar-refractivity contribution is 7.20. The number of aryl methyl sites for hydroxylation is 1. The third-order valence-electron chi connectivity index (χ3n) is 4.14. The number of morpholine rings is 1. The molecule has 3 heterocycles. The average molecular weight is 335 g/mol. The van der Waals surface area contributed by atoms with Gasteiger partial charge >= 0.3 is 0 Å². The molecule has 1 saturated heterocycles. The van der Waals surface area contributed by atoms with Crippen LogP contribution in [0.15, 0.2) is 24.3 Å². The van der Waals surface area contributed by atoms with Crippen molar-refractivity contribution < 1.29 is 9.53 Å². The van der Waals surface area contributed by atoms with E-state index in [1.165, 1.54) is 11.3 Å². The molecule has 1 aromatic carbocycles. The van der Waals surface area contributed by atoms with Crippen LogP contribution >= 0.6 is 22.9 Å². The molecule has 1 fully saturated rings. The molecule has 114 valence electrons. The second-order valence-electron chi connectivity index (χ2n) is 5.43. The lowest BCUT2D eigenvalue weighted by Crippen LogP contribution is -2.40. The summed E-state index contributed by atoms with van der Waals surface area (Å²) in [6.07, 6.45) is 0. The van der Waals surface area contributed by atoms with E-state index in [2.05, 4.69) is 10.6 Å². The normalized spacial score (nSPS) is 15.8. The van der Waals surface area contributed by atoms with Gasteiger partial charge in [0.1, 0.15) is 4.83 Å². The monoisotopic (exact) mass is 334 g/mol. The molecule has 0 radical (unpaired) electrons. The lowest BCUT2D eigenvalue weighted by Gasteiger charge is -2.26. The Morgan fingerprint density at radius 2 is 2.05 bits per heavy atom. The Labute approximate surface area is 136 Å². The Kier molecular flexibility index (Phi) is 3.36. The number of carbonyl (C=O) groups excluding carboxylic acids is 1. The Balaban J connectivity index is 1.83. The number of benzene rings is 1. The van der Waals surface area contributed by atoms with Crippen LogP contribution in [-0.4, -0.2) is 41.7 Å². The summed E-state index contributed by atoms with van der Waals surface area (Å²) >= 11 is 7.84. The molecule has 3 aromatic rings. The molecule has 1 amide bonds. The van der Waals surface area contributed by atoms with Crippen LogP contribution in [0.3, 0.4) is 0 Å². The number of para-hydroxylation sites is 1. The minimum Gasteiger partial charge on any atom is -0.378 e. The molecule has 0 bridgehead atoms. The molecule has 4 nitrogen and oxygen atoms in total. The molecule has 1 aliphatic rings. The minimum atomic E-state index is 0.0969. The zero-order chi connectivity index (χ0) is 15.3. The highest BCUT2D eigenvalue weighted by Gasteiger charge is 2.22. The second kappa shape index (κ2) is 5.26. The predicted molar refractivity (Wildman–Crippen MR) is 90.0 cm³/mol. The minimum absolute atomic E-state index is 0.0969. The maximum atomic E-state index is 12.6. The van der Waals surface area contributed by atoms with Crippen molar-refractivity contribution in [2.75, 3.05) is 26.3 Å². The summed E-state index contributed by atoms with van der Waals surface area (Å²) in [5.74, 6) is 0.0969. The zero-order valence-corrected chi connectivity index (χ0v) is 13.7. The van der Waals surface area contributed by atoms with Crippen molar-refractivity contribution in [2.45, 2.75) is 0 Å². The summed E-state index contributed by atoms with van der Waals surface area (Å²) in [6.45, 7) is 2.57. The number of aromatic nitrogens is 1. The molecule has 0 spiro atoms. The third kappa shape index (κ3) is 2.04. The Hall–Kier alpha value is -1.56. The van der Waals surface area contributed by atoms with Gasteiger partial charge in [0.2, 0.25) is 0 Å². The molecule has 0 atom stereocenters. The SMILES string of the molecule is Cn1c2sc(C(=O)N3CCOCC3)cc2c2cccc(Cl)c21. The van der Waals surface area contributed by atoms with E-state index < -0.39 is 0 Å². The van der Waals surface area contributed by atoms with Crippen molar-refractivity contribution in [1.82, 2.24) is 9.47 Å². The van der Waals surface area contributed by atoms with Gasteiger partial charge in [-0.05, 0) is 12.1 Å². The number of ether oxygens (including phenoxy) is 1. The van der Waals surface area contributed by atoms with Crippen LogP contribution in [0.4, 0.5) is 0 Å². The number of halogens is 1. The summed E-state index contributed by atoms with van der Waals surface area (Å²) in [7, 11) is 2.00. The highest BCUT2D eigenvalue weighted by Crippen LogP contribution is 2.37. The fourth-order valence-electron chi connectivity index (χ4n) is 3.03. The molecule has 0 N–H and O–H groups in total. The molecule has 1 aliphatic heterocycles. The van der Waals surface area contributed by atoms with Crippen LogP contribution in [0.25, 0.3) is 21.1 Å². The van der Waals surface area contributed by atoms with Gasteiger partial charge in [0.15, 0.2) is 0 Å². The van der Waals surface area contributed by atoms with E-state index in [0.717, 1.165) is 31.0 Å². The Morgan fingerprint density at radius 3 is 2.82 bits per heavy atom. The molecule has 2 aromatic heterocycles. The number of hydrogen-bond acceptors (Lipinski definition) is 3. The van der Waals surface area contributed by atoms with Crippen LogP contribution in [0.5, 0.6) is 0 Å². The smallest absolute Gasteiger partial charge is 0.264 e. The average Bonchev–Trinajstić information content (AvgIpc) is 3.08. The van der Waals surface area contributed by atoms with Gasteiger partial charge in [0.05, 0.1) is 28.6 Å². The van der Waals surface area contributed by atoms with E-state index in [-0.39, 0.29) is 5.91 Å². The summed E-state index contributed by atoms with van der Waals surface area (Å²) in [5, 5.41) is 2.94. The van der Waals surface area contributed by atoms with Crippen LogP contribution in [0, 0.1) is 0 Å². The van der Waals surface area contributed by atoms with Crippen molar-refractivity contribution in [1.29, 1.82) is 0 Å². The molecule has 0 aliphatic carbocycles. The lowest BCUT2D eigenvalue weighted by atomic mass is 10.2. The van der Waals surface area contributed by atoms with E-state index in [1.807, 2.05) is 30.1 Å². The van der Waals surface area contributed by atoms with Gasteiger partial charge in [-0.3, -0.25) is 4.79 Å². The first-order chi connectivity index (χ1) is 10.7. The number of rotatable bonds is 1. The topological polar surface area (TPSA) is 34.5 Å². The van der Waals surface area contributed by atoms with Gasteiger partial charge < -0.3 is 14.2 Å². The number of amides is 1. The van der Waals surface area contributed by atoms with Crippen molar-refractivity contribution in [3.05, 3.63) is 34.2 Å². The molecular formula is C16H15ClN2O2S. The third-order valence-corrected chi connectivity index (χ3v) is 5.64. The number of thiophene rings is 1. The molecule has 0 unspecified atom stereocenters. The molecular weight excluding hydrogens is 320 g/mol. The summed E-state index contributed by atoms with van der Waals surface area (Å²) in [6, 6.07) is 7.90. The number of nitrogens with zero attached hydrogens (tertiary/aromatic N) is 2. The zero-order valence-electron chi connectivity index (χ0n) is 12.1. The summed E-state index contributed by atoms with van der Waals surface area (Å²) in [4.78, 5) is 16.4. The first kappa shape index (κ1) is 14.1. The van der Waals surface area contributed by atoms with Gasteiger partial charge in [-0.15, -0.1) is 11.3 Å². The maximum absolute atomic E-state index is 12.6. The molecule has 4 rings (SSSR count). The van der Waals surface area contributed by atoms with Crippen LogP contribution in [0.2, 0.25) is 5.02 Å². The van der Waals surface area contributed by atoms with Gasteiger partial charge in [-0.25, -0.2) is 0 Å². The van der Waals surface area contributed by atoms with Gasteiger partial charge in [0.25, 0.3) is 5.91 Å². The lowest BCUT2D eigenvalue weighted by molar-refractivity contribution is 0.0306. The summed E-state index contributed by atoms with van der Waals surface area (Å²) in [5.41, 5.74) is 1.02. The molecule has 6 heteroatoms. The fraction of sp³-hybridized carbons (Fsp3) is 0.312. The first-order valence-corrected chi connectivity index (χ1v) is 8.40. The van der Waals surface area contributed by atoms with E-state index in [9.17, 15) is 4.79 Å².